The summed E-state index contributed by atoms with van der Waals surface area (Å²) in [5.74, 6) is 0.324. The summed E-state index contributed by atoms with van der Waals surface area (Å²) in [5, 5.41) is 3.25. The van der Waals surface area contributed by atoms with Gasteiger partial charge in [-0.3, -0.25) is 9.59 Å². The van der Waals surface area contributed by atoms with Crippen molar-refractivity contribution >= 4 is 27.7 Å². The van der Waals surface area contributed by atoms with Gasteiger partial charge in [0, 0.05) is 23.5 Å². The molecule has 2 amide bonds. The van der Waals surface area contributed by atoms with Gasteiger partial charge in [0.1, 0.15) is 11.8 Å². The number of amides is 2. The van der Waals surface area contributed by atoms with Crippen molar-refractivity contribution in [1.82, 2.24) is 10.2 Å². The molecule has 3 aromatic rings. The van der Waals surface area contributed by atoms with E-state index >= 15 is 0 Å². The number of ether oxygens (including phenoxy) is 1. The van der Waals surface area contributed by atoms with Gasteiger partial charge in [0.2, 0.25) is 5.91 Å². The van der Waals surface area contributed by atoms with E-state index in [1.807, 2.05) is 87.5 Å². The summed E-state index contributed by atoms with van der Waals surface area (Å²) in [6, 6.07) is 21.4. The molecule has 4 rings (SSSR count). The second-order valence-electron chi connectivity index (χ2n) is 10.4. The van der Waals surface area contributed by atoms with Crippen LogP contribution in [0, 0.1) is 20.8 Å². The van der Waals surface area contributed by atoms with Crippen LogP contribution in [0.3, 0.4) is 0 Å². The molecular weight excluding hydrogens is 540 g/mol. The Hall–Kier alpha value is -3.12. The van der Waals surface area contributed by atoms with Gasteiger partial charge in [-0.2, -0.15) is 0 Å². The predicted molar refractivity (Wildman–Crippen MR) is 155 cm³/mol. The highest BCUT2D eigenvalue weighted by Crippen LogP contribution is 2.27. The Kier molecular flexibility index (Phi) is 9.62. The third-order valence-electron chi connectivity index (χ3n) is 7.22. The first kappa shape index (κ1) is 27.9. The fourth-order valence-corrected chi connectivity index (χ4v) is 5.26. The Balaban J connectivity index is 1.61. The lowest BCUT2D eigenvalue weighted by Crippen LogP contribution is -2.53. The van der Waals surface area contributed by atoms with Gasteiger partial charge in [0.05, 0.1) is 0 Å². The van der Waals surface area contributed by atoms with E-state index < -0.39 is 6.04 Å². The molecule has 1 aliphatic carbocycles. The summed E-state index contributed by atoms with van der Waals surface area (Å²) in [6.07, 6.45) is 4.66. The summed E-state index contributed by atoms with van der Waals surface area (Å²) >= 11 is 3.59. The van der Waals surface area contributed by atoms with E-state index in [9.17, 15) is 9.59 Å². The van der Waals surface area contributed by atoms with Crippen molar-refractivity contribution in [2.24, 2.45) is 0 Å². The maximum atomic E-state index is 13.8. The number of carbonyl (C=O) groups excluding carboxylic acids is 2. The Bertz CT molecular complexity index is 1210. The number of hydrogen-bond donors (Lipinski definition) is 1. The van der Waals surface area contributed by atoms with Crippen molar-refractivity contribution in [3.8, 4) is 5.75 Å². The summed E-state index contributed by atoms with van der Waals surface area (Å²) in [7, 11) is 0. The van der Waals surface area contributed by atoms with Crippen LogP contribution in [0.1, 0.15) is 53.5 Å². The fraction of sp³-hybridized carbons (Fsp3) is 0.375. The average molecular weight is 578 g/mol. The molecule has 1 N–H and O–H groups in total. The molecule has 6 heteroatoms. The van der Waals surface area contributed by atoms with E-state index in [0.29, 0.717) is 18.7 Å². The fourth-order valence-electron chi connectivity index (χ4n) is 5.03. The number of aryl methyl sites for hydroxylation is 3. The zero-order valence-electron chi connectivity index (χ0n) is 22.5. The number of nitrogens with one attached hydrogen (secondary N) is 1. The molecule has 1 aliphatic rings. The van der Waals surface area contributed by atoms with Crippen LogP contribution in [0.2, 0.25) is 0 Å². The average Bonchev–Trinajstić information content (AvgIpc) is 3.42. The molecule has 0 spiro atoms. The van der Waals surface area contributed by atoms with Crippen molar-refractivity contribution in [3.63, 3.8) is 0 Å². The second kappa shape index (κ2) is 13.1. The van der Waals surface area contributed by atoms with Gasteiger partial charge >= 0.3 is 0 Å². The second-order valence-corrected chi connectivity index (χ2v) is 11.2. The third kappa shape index (κ3) is 7.47. The number of rotatable bonds is 10. The first-order valence-corrected chi connectivity index (χ1v) is 14.2. The molecule has 1 fully saturated rings. The largest absolute Gasteiger partial charge is 0.484 e. The van der Waals surface area contributed by atoms with Gasteiger partial charge in [-0.15, -0.1) is 0 Å². The summed E-state index contributed by atoms with van der Waals surface area (Å²) in [4.78, 5) is 29.2. The molecule has 5 nitrogen and oxygen atoms in total. The zero-order chi connectivity index (χ0) is 27.1. The lowest BCUT2D eigenvalue weighted by atomic mass is 10.0. The van der Waals surface area contributed by atoms with Crippen molar-refractivity contribution in [2.45, 2.75) is 71.5 Å². The van der Waals surface area contributed by atoms with Crippen LogP contribution < -0.4 is 10.1 Å². The number of carbonyl (C=O) groups is 2. The molecule has 1 atom stereocenters. The van der Waals surface area contributed by atoms with E-state index in [1.54, 1.807) is 4.90 Å². The molecule has 0 unspecified atom stereocenters. The minimum Gasteiger partial charge on any atom is -0.484 e. The van der Waals surface area contributed by atoms with Crippen molar-refractivity contribution < 1.29 is 14.3 Å². The standard InChI is InChI=1S/C32H37BrN2O3/c1-22-13-15-26(16-14-22)20-35(30(36)21-38-28-17-23(2)31(33)24(3)18-28)29(19-25-9-5-4-6-10-25)32(37)34-27-11-7-8-12-27/h4-6,9-10,13-18,27,29H,7-8,11-12,19-21H2,1-3H3,(H,34,37)/t29-/m1/s1. The van der Waals surface area contributed by atoms with Crippen molar-refractivity contribution in [1.29, 1.82) is 0 Å². The number of hydrogen-bond acceptors (Lipinski definition) is 3. The van der Waals surface area contributed by atoms with Crippen molar-refractivity contribution in [2.75, 3.05) is 6.61 Å². The van der Waals surface area contributed by atoms with Crippen LogP contribution in [-0.2, 0) is 22.6 Å². The van der Waals surface area contributed by atoms with Crippen molar-refractivity contribution in [3.05, 3.63) is 99.0 Å². The maximum absolute atomic E-state index is 13.8. The summed E-state index contributed by atoms with van der Waals surface area (Å²) < 4.78 is 7.02. The van der Waals surface area contributed by atoms with Crippen LogP contribution in [-0.4, -0.2) is 35.4 Å². The highest BCUT2D eigenvalue weighted by atomic mass is 79.9. The third-order valence-corrected chi connectivity index (χ3v) is 8.47. The molecule has 0 bridgehead atoms. The summed E-state index contributed by atoms with van der Waals surface area (Å²) in [5.41, 5.74) is 5.23. The molecule has 38 heavy (non-hydrogen) atoms. The van der Waals surface area contributed by atoms with Gasteiger partial charge in [0.15, 0.2) is 6.61 Å². The molecule has 0 radical (unpaired) electrons. The van der Waals surface area contributed by atoms with Crippen LogP contribution in [0.5, 0.6) is 5.75 Å². The molecule has 0 aliphatic heterocycles. The van der Waals surface area contributed by atoms with E-state index in [4.69, 9.17) is 4.74 Å². The first-order chi connectivity index (χ1) is 18.3. The lowest BCUT2D eigenvalue weighted by molar-refractivity contribution is -0.143. The van der Waals surface area contributed by atoms with Gasteiger partial charge in [-0.25, -0.2) is 0 Å². The van der Waals surface area contributed by atoms with E-state index in [0.717, 1.165) is 58.0 Å². The Morgan fingerprint density at radius 3 is 2.21 bits per heavy atom. The minimum atomic E-state index is -0.649. The van der Waals surface area contributed by atoms with Gasteiger partial charge < -0.3 is 15.0 Å². The van der Waals surface area contributed by atoms with E-state index in [1.165, 1.54) is 0 Å². The number of halogens is 1. The molecule has 0 aromatic heterocycles. The van der Waals surface area contributed by atoms with Crippen LogP contribution in [0.25, 0.3) is 0 Å². The molecule has 200 valence electrons. The highest BCUT2D eigenvalue weighted by Gasteiger charge is 2.32. The SMILES string of the molecule is Cc1ccc(CN(C(=O)COc2cc(C)c(Br)c(C)c2)[C@H](Cc2ccccc2)C(=O)NC2CCCC2)cc1. The highest BCUT2D eigenvalue weighted by molar-refractivity contribution is 9.10. The number of nitrogens with zero attached hydrogens (tertiary/aromatic N) is 1. The van der Waals surface area contributed by atoms with Crippen LogP contribution >= 0.6 is 15.9 Å². The molecule has 0 heterocycles. The quantitative estimate of drug-likeness (QED) is 0.301. The minimum absolute atomic E-state index is 0.100. The lowest BCUT2D eigenvalue weighted by Gasteiger charge is -2.32. The Labute approximate surface area is 234 Å². The van der Waals surface area contributed by atoms with Gasteiger partial charge in [-0.05, 0) is 68.0 Å². The zero-order valence-corrected chi connectivity index (χ0v) is 24.1. The van der Waals surface area contributed by atoms with Gasteiger partial charge in [-0.1, -0.05) is 88.9 Å². The Morgan fingerprint density at radius 1 is 0.947 bits per heavy atom. The van der Waals surface area contributed by atoms with E-state index in [-0.39, 0.29) is 24.5 Å². The molecule has 3 aromatic carbocycles. The smallest absolute Gasteiger partial charge is 0.261 e. The van der Waals surface area contributed by atoms with Crippen LogP contribution in [0.4, 0.5) is 0 Å². The van der Waals surface area contributed by atoms with Gasteiger partial charge in [0.25, 0.3) is 5.91 Å². The Morgan fingerprint density at radius 2 is 1.58 bits per heavy atom. The monoisotopic (exact) mass is 576 g/mol. The topological polar surface area (TPSA) is 58.6 Å². The normalized spacial score (nSPS) is 14.2. The maximum Gasteiger partial charge on any atom is 0.261 e. The summed E-state index contributed by atoms with van der Waals surface area (Å²) in [6.45, 7) is 6.22. The van der Waals surface area contributed by atoms with Crippen LogP contribution in [0.15, 0.2) is 71.2 Å². The van der Waals surface area contributed by atoms with E-state index in [2.05, 4.69) is 21.2 Å². The molecule has 1 saturated carbocycles. The molecular formula is C32H37BrN2O3. The molecule has 0 saturated heterocycles. The first-order valence-electron chi connectivity index (χ1n) is 13.4. The number of benzene rings is 3. The predicted octanol–water partition coefficient (Wildman–Crippen LogP) is 6.45.